The van der Waals surface area contributed by atoms with Gasteiger partial charge in [0, 0.05) is 11.4 Å². The Morgan fingerprint density at radius 2 is 1.61 bits per heavy atom. The molecule has 0 saturated carbocycles. The van der Waals surface area contributed by atoms with E-state index in [0.717, 1.165) is 23.5 Å². The van der Waals surface area contributed by atoms with Gasteiger partial charge in [0.2, 0.25) is 11.8 Å². The maximum Gasteiger partial charge on any atom is 0.286 e. The summed E-state index contributed by atoms with van der Waals surface area (Å²) in [5.41, 5.74) is 0.685. The van der Waals surface area contributed by atoms with Gasteiger partial charge in [0.05, 0.1) is 0 Å². The number of nitrogens with zero attached hydrogens (tertiary/aromatic N) is 2. The van der Waals surface area contributed by atoms with E-state index in [-0.39, 0.29) is 10.6 Å². The molecule has 2 aliphatic heterocycles. The third kappa shape index (κ3) is 4.05. The van der Waals surface area contributed by atoms with Crippen molar-refractivity contribution in [2.24, 2.45) is 0 Å². The van der Waals surface area contributed by atoms with Crippen LogP contribution in [0, 0.1) is 11.3 Å². The average molecular weight is 451 g/mol. The molecule has 0 radical (unpaired) electrons. The highest BCUT2D eigenvalue weighted by Crippen LogP contribution is 2.45. The molecule has 4 rings (SSSR count). The minimum atomic E-state index is -0.959. The fourth-order valence-electron chi connectivity index (χ4n) is 3.11. The van der Waals surface area contributed by atoms with E-state index in [1.807, 2.05) is 6.07 Å². The summed E-state index contributed by atoms with van der Waals surface area (Å²) in [6.45, 7) is 0. The molecule has 0 bridgehead atoms. The van der Waals surface area contributed by atoms with Gasteiger partial charge in [-0.05, 0) is 36.0 Å². The third-order valence-corrected chi connectivity index (χ3v) is 7.06. The summed E-state index contributed by atoms with van der Waals surface area (Å²) in [4.78, 5) is 51.2. The lowest BCUT2D eigenvalue weighted by Gasteiger charge is -2.18. The SMILES string of the molecule is N#C/C(C(=O)Nc1ccccc1)=C1/SC(C2SC(=O)NC2=O)C(=O)N1c1ccccc1. The highest BCUT2D eigenvalue weighted by molar-refractivity contribution is 8.16. The van der Waals surface area contributed by atoms with Gasteiger partial charge in [0.1, 0.15) is 27.2 Å². The minimum absolute atomic E-state index is 0.116. The zero-order chi connectivity index (χ0) is 22.0. The van der Waals surface area contributed by atoms with E-state index in [0.29, 0.717) is 11.4 Å². The number of amides is 4. The molecule has 2 saturated heterocycles. The van der Waals surface area contributed by atoms with E-state index in [1.165, 1.54) is 4.90 Å². The van der Waals surface area contributed by atoms with Gasteiger partial charge in [-0.1, -0.05) is 48.2 Å². The molecule has 2 atom stereocenters. The van der Waals surface area contributed by atoms with Gasteiger partial charge in [-0.25, -0.2) is 0 Å². The number of hydrogen-bond donors (Lipinski definition) is 2. The Bertz CT molecular complexity index is 1140. The second-order valence-electron chi connectivity index (χ2n) is 6.47. The number of nitriles is 1. The molecule has 4 amide bonds. The van der Waals surface area contributed by atoms with Crippen LogP contribution in [0.1, 0.15) is 0 Å². The topological polar surface area (TPSA) is 119 Å². The quantitative estimate of drug-likeness (QED) is 0.543. The lowest BCUT2D eigenvalue weighted by molar-refractivity contribution is -0.122. The summed E-state index contributed by atoms with van der Waals surface area (Å²) < 4.78 is 0. The lowest BCUT2D eigenvalue weighted by Crippen LogP contribution is -2.38. The van der Waals surface area contributed by atoms with Crippen molar-refractivity contribution in [1.82, 2.24) is 5.32 Å². The Morgan fingerprint density at radius 3 is 2.19 bits per heavy atom. The Labute approximate surface area is 185 Å². The molecular formula is C21H14N4O4S2. The van der Waals surface area contributed by atoms with Gasteiger partial charge in [-0.2, -0.15) is 5.26 Å². The van der Waals surface area contributed by atoms with E-state index in [2.05, 4.69) is 10.6 Å². The molecule has 0 spiro atoms. The van der Waals surface area contributed by atoms with Crippen LogP contribution in [0.3, 0.4) is 0 Å². The van der Waals surface area contributed by atoms with Crippen molar-refractivity contribution in [3.63, 3.8) is 0 Å². The maximum atomic E-state index is 13.3. The van der Waals surface area contributed by atoms with Crippen LogP contribution in [0.25, 0.3) is 0 Å². The molecular weight excluding hydrogens is 436 g/mol. The summed E-state index contributed by atoms with van der Waals surface area (Å²) in [5.74, 6) is -1.72. The maximum absolute atomic E-state index is 13.3. The molecule has 154 valence electrons. The predicted molar refractivity (Wildman–Crippen MR) is 118 cm³/mol. The van der Waals surface area contributed by atoms with Crippen LogP contribution in [-0.4, -0.2) is 33.5 Å². The van der Waals surface area contributed by atoms with Gasteiger partial charge in [-0.15, -0.1) is 0 Å². The van der Waals surface area contributed by atoms with Crippen LogP contribution in [0.15, 0.2) is 71.3 Å². The highest BCUT2D eigenvalue weighted by Gasteiger charge is 2.50. The number of nitrogens with one attached hydrogen (secondary N) is 2. The van der Waals surface area contributed by atoms with Crippen LogP contribution in [0.5, 0.6) is 0 Å². The molecule has 2 unspecified atom stereocenters. The fraction of sp³-hybridized carbons (Fsp3) is 0.0952. The van der Waals surface area contributed by atoms with E-state index < -0.39 is 33.5 Å². The molecule has 8 nitrogen and oxygen atoms in total. The Morgan fingerprint density at radius 1 is 0.968 bits per heavy atom. The first-order valence-electron chi connectivity index (χ1n) is 9.07. The second kappa shape index (κ2) is 8.67. The molecule has 2 aliphatic rings. The number of benzene rings is 2. The minimum Gasteiger partial charge on any atom is -0.321 e. The fourth-order valence-corrected chi connectivity index (χ4v) is 5.49. The van der Waals surface area contributed by atoms with Gasteiger partial charge in [0.15, 0.2) is 0 Å². The standard InChI is InChI=1S/C21H14N4O4S2/c22-11-14(17(26)23-12-7-3-1-4-8-12)20-25(13-9-5-2-6-10-13)19(28)16(30-20)15-18(27)24-21(29)31-15/h1-10,15-16H,(H,23,26)(H,24,27,29)/b20-14-. The normalized spacial score (nSPS) is 22.2. The molecule has 10 heteroatoms. The Balaban J connectivity index is 1.75. The van der Waals surface area contributed by atoms with E-state index in [9.17, 15) is 24.4 Å². The van der Waals surface area contributed by atoms with Crippen molar-refractivity contribution in [1.29, 1.82) is 5.26 Å². The number of rotatable bonds is 4. The van der Waals surface area contributed by atoms with E-state index >= 15 is 0 Å². The molecule has 2 fully saturated rings. The van der Waals surface area contributed by atoms with Crippen LogP contribution < -0.4 is 15.5 Å². The van der Waals surface area contributed by atoms with Gasteiger partial charge in [0.25, 0.3) is 11.1 Å². The molecule has 2 aromatic carbocycles. The van der Waals surface area contributed by atoms with Crippen molar-refractivity contribution in [3.05, 3.63) is 71.3 Å². The smallest absolute Gasteiger partial charge is 0.286 e. The second-order valence-corrected chi connectivity index (χ2v) is 8.72. The zero-order valence-electron chi connectivity index (χ0n) is 15.8. The monoisotopic (exact) mass is 450 g/mol. The first-order valence-corrected chi connectivity index (χ1v) is 10.8. The van der Waals surface area contributed by atoms with E-state index in [4.69, 9.17) is 0 Å². The van der Waals surface area contributed by atoms with Crippen molar-refractivity contribution >= 4 is 57.9 Å². The van der Waals surface area contributed by atoms with Gasteiger partial charge < -0.3 is 5.32 Å². The van der Waals surface area contributed by atoms with Crippen molar-refractivity contribution in [2.45, 2.75) is 10.5 Å². The Hall–Kier alpha value is -3.55. The van der Waals surface area contributed by atoms with Gasteiger partial charge >= 0.3 is 0 Å². The van der Waals surface area contributed by atoms with Crippen molar-refractivity contribution in [2.75, 3.05) is 10.2 Å². The van der Waals surface area contributed by atoms with Crippen molar-refractivity contribution in [3.8, 4) is 6.07 Å². The zero-order valence-corrected chi connectivity index (χ0v) is 17.4. The number of imide groups is 1. The number of carbonyl (C=O) groups is 4. The summed E-state index contributed by atoms with van der Waals surface area (Å²) in [6.07, 6.45) is 0. The lowest BCUT2D eigenvalue weighted by atomic mass is 10.2. The van der Waals surface area contributed by atoms with Gasteiger partial charge in [-0.3, -0.25) is 29.4 Å². The first-order chi connectivity index (χ1) is 15.0. The predicted octanol–water partition coefficient (Wildman–Crippen LogP) is 2.86. The summed E-state index contributed by atoms with van der Waals surface area (Å²) in [6, 6.07) is 19.0. The molecule has 2 N–H and O–H groups in total. The molecule has 0 aromatic heterocycles. The number of para-hydroxylation sites is 2. The first kappa shape index (κ1) is 20.7. The third-order valence-electron chi connectivity index (χ3n) is 4.50. The molecule has 2 aromatic rings. The molecule has 31 heavy (non-hydrogen) atoms. The molecule has 0 aliphatic carbocycles. The average Bonchev–Trinajstić information content (AvgIpc) is 3.28. The van der Waals surface area contributed by atoms with E-state index in [1.54, 1.807) is 60.7 Å². The molecule has 2 heterocycles. The number of thioether (sulfide) groups is 2. The van der Waals surface area contributed by atoms with Crippen LogP contribution in [-0.2, 0) is 14.4 Å². The summed E-state index contributed by atoms with van der Waals surface area (Å²) in [5, 5.41) is 12.3. The summed E-state index contributed by atoms with van der Waals surface area (Å²) in [7, 11) is 0. The summed E-state index contributed by atoms with van der Waals surface area (Å²) >= 11 is 1.67. The van der Waals surface area contributed by atoms with Crippen LogP contribution in [0.2, 0.25) is 0 Å². The largest absolute Gasteiger partial charge is 0.321 e. The highest BCUT2D eigenvalue weighted by atomic mass is 32.2. The van der Waals surface area contributed by atoms with Crippen molar-refractivity contribution < 1.29 is 19.2 Å². The Kier molecular flexibility index (Phi) is 5.79. The number of anilines is 2. The van der Waals surface area contributed by atoms with Crippen LogP contribution >= 0.6 is 23.5 Å². The number of carbonyl (C=O) groups excluding carboxylic acids is 4. The number of hydrogen-bond acceptors (Lipinski definition) is 7. The van der Waals surface area contributed by atoms with Crippen LogP contribution in [0.4, 0.5) is 16.2 Å².